The van der Waals surface area contributed by atoms with Crippen molar-refractivity contribution in [2.75, 3.05) is 0 Å². The first-order chi connectivity index (χ1) is 7.53. The van der Waals surface area contributed by atoms with Crippen LogP contribution in [0.1, 0.15) is 0 Å². The maximum absolute atomic E-state index is 11.0. The molecule has 1 aromatic rings. The van der Waals surface area contributed by atoms with E-state index in [4.69, 9.17) is 16.4 Å². The van der Waals surface area contributed by atoms with Crippen LogP contribution in [0.4, 0.5) is 5.69 Å². The predicted molar refractivity (Wildman–Crippen MR) is 54.1 cm³/mol. The number of rotatable bonds is 3. The molecule has 94 valence electrons. The molecule has 0 atom stereocenters. The van der Waals surface area contributed by atoms with Gasteiger partial charge in [-0.25, -0.2) is 0 Å². The molecule has 1 aromatic carbocycles. The van der Waals surface area contributed by atoms with Gasteiger partial charge in [0.15, 0.2) is 0 Å². The van der Waals surface area contributed by atoms with Crippen molar-refractivity contribution in [3.8, 4) is 0 Å². The zero-order valence-electron chi connectivity index (χ0n) is 8.00. The molecule has 0 spiro atoms. The van der Waals surface area contributed by atoms with Crippen LogP contribution in [0.3, 0.4) is 0 Å². The van der Waals surface area contributed by atoms with E-state index in [1.54, 1.807) is 0 Å². The fourth-order valence-corrected chi connectivity index (χ4v) is 3.76. The van der Waals surface area contributed by atoms with Gasteiger partial charge >= 0.3 is 99.8 Å². The minimum absolute atomic E-state index is 0.496. The van der Waals surface area contributed by atoms with E-state index in [2.05, 4.69) is 0 Å². The molecule has 4 N–H and O–H groups in total. The molecule has 0 unspecified atom stereocenters. The summed E-state index contributed by atoms with van der Waals surface area (Å²) in [6.07, 6.45) is 0. The van der Waals surface area contributed by atoms with E-state index >= 15 is 0 Å². The molecule has 0 aromatic heterocycles. The number of nitro benzene ring substituents is 1. The molecule has 0 fully saturated rings. The third kappa shape index (κ3) is 3.32. The number of hydrogen-bond acceptors (Lipinski definition) is 4. The van der Waals surface area contributed by atoms with E-state index in [9.17, 15) is 17.6 Å². The van der Waals surface area contributed by atoms with Crippen LogP contribution in [0, 0.1) is 10.1 Å². The van der Waals surface area contributed by atoms with E-state index in [1.807, 2.05) is 0 Å². The van der Waals surface area contributed by atoms with E-state index in [0.29, 0.717) is 12.1 Å². The molecule has 0 radical (unpaired) electrons. The van der Waals surface area contributed by atoms with Crippen LogP contribution in [0.25, 0.3) is 0 Å². The van der Waals surface area contributed by atoms with Crippen molar-refractivity contribution in [2.24, 2.45) is 0 Å². The molecule has 0 aliphatic heterocycles. The topological polar surface area (TPSA) is 158 Å². The molecule has 1 rings (SSSR count). The molecule has 17 heavy (non-hydrogen) atoms. The Morgan fingerprint density at radius 1 is 1.06 bits per heavy atom. The van der Waals surface area contributed by atoms with Crippen molar-refractivity contribution in [3.63, 3.8) is 0 Å². The first-order valence-electron chi connectivity index (χ1n) is 3.94. The summed E-state index contributed by atoms with van der Waals surface area (Å²) < 4.78 is 55.9. The van der Waals surface area contributed by atoms with Gasteiger partial charge in [0.1, 0.15) is 0 Å². The van der Waals surface area contributed by atoms with Crippen LogP contribution in [-0.4, -0.2) is 49.7 Å². The van der Waals surface area contributed by atoms with Gasteiger partial charge in [-0.3, -0.25) is 0 Å². The monoisotopic (exact) mass is 371 g/mol. The van der Waals surface area contributed by atoms with Gasteiger partial charge in [0.05, 0.1) is 0 Å². The second-order valence-corrected chi connectivity index (χ2v) is 9.68. The summed E-state index contributed by atoms with van der Waals surface area (Å²) in [5, 5.41) is 10.6. The third-order valence-electron chi connectivity index (χ3n) is 1.81. The van der Waals surface area contributed by atoms with Crippen LogP contribution >= 0.6 is 0 Å². The van der Waals surface area contributed by atoms with Gasteiger partial charge in [-0.15, -0.1) is 0 Å². The van der Waals surface area contributed by atoms with Gasteiger partial charge in [-0.2, -0.15) is 0 Å². The Morgan fingerprint density at radius 3 is 1.94 bits per heavy atom. The summed E-state index contributed by atoms with van der Waals surface area (Å²) in [5.41, 5.74) is -0.986. The Balaban J connectivity index is 3.55. The van der Waals surface area contributed by atoms with Crippen molar-refractivity contribution >= 4 is 42.7 Å². The van der Waals surface area contributed by atoms with Crippen LogP contribution in [0.5, 0.6) is 0 Å². The summed E-state index contributed by atoms with van der Waals surface area (Å²) in [6, 6.07) is 1.95. The average Bonchev–Trinajstić information content (AvgIpc) is 2.14. The van der Waals surface area contributed by atoms with Gasteiger partial charge < -0.3 is 0 Å². The Morgan fingerprint density at radius 2 is 1.59 bits per heavy atom. The predicted octanol–water partition coefficient (Wildman–Crippen LogP) is -3.28. The Labute approximate surface area is 99.9 Å². The van der Waals surface area contributed by atoms with Crippen molar-refractivity contribution < 1.29 is 28.8 Å². The van der Waals surface area contributed by atoms with Crippen molar-refractivity contribution in [2.45, 2.75) is 0 Å². The summed E-state index contributed by atoms with van der Waals surface area (Å²) in [7, 11) is 0. The number of nitrogens with zero attached hydrogens (tertiary/aromatic N) is 1. The van der Waals surface area contributed by atoms with Gasteiger partial charge in [0, 0.05) is 0 Å². The first-order valence-corrected chi connectivity index (χ1v) is 10.7. The molecule has 0 saturated carbocycles. The molecule has 0 amide bonds. The molecular weight excluding hydrogens is 364 g/mol. The SMILES string of the molecule is O=[N+]([O-])c1cc([As](=O)(O)O)ccc1[As](=O)(O)O. The molecule has 0 heterocycles. The minimum atomic E-state index is -5.51. The fourth-order valence-electron chi connectivity index (χ4n) is 1.09. The van der Waals surface area contributed by atoms with Crippen LogP contribution in [0.2, 0.25) is 0 Å². The molecule has 0 aliphatic carbocycles. The number of nitro groups is 1. The van der Waals surface area contributed by atoms with Crippen LogP contribution in [0.15, 0.2) is 18.2 Å². The fraction of sp³-hybridized carbons (Fsp3) is 0. The number of benzene rings is 1. The molecular formula is C6H7As2NO8. The van der Waals surface area contributed by atoms with E-state index < -0.39 is 47.7 Å². The van der Waals surface area contributed by atoms with E-state index in [0.717, 1.165) is 6.07 Å². The molecule has 0 aliphatic rings. The summed E-state index contributed by atoms with van der Waals surface area (Å²) in [4.78, 5) is 9.48. The molecule has 0 saturated heterocycles. The quantitative estimate of drug-likeness (QED) is 0.245. The molecule has 9 nitrogen and oxygen atoms in total. The zero-order valence-corrected chi connectivity index (χ0v) is 11.7. The number of hydrogen-bond donors (Lipinski definition) is 4. The zero-order chi connectivity index (χ0) is 13.4. The van der Waals surface area contributed by atoms with Gasteiger partial charge in [0.2, 0.25) is 0 Å². The van der Waals surface area contributed by atoms with Crippen LogP contribution in [-0.2, 0) is 7.48 Å². The second kappa shape index (κ2) is 4.45. The maximum atomic E-state index is 11.0. The first kappa shape index (κ1) is 14.2. The Bertz CT molecular complexity index is 557. The van der Waals surface area contributed by atoms with E-state index in [1.165, 1.54) is 0 Å². The van der Waals surface area contributed by atoms with E-state index in [-0.39, 0.29) is 0 Å². The van der Waals surface area contributed by atoms with Crippen molar-refractivity contribution in [1.82, 2.24) is 0 Å². The second-order valence-electron chi connectivity index (χ2n) is 3.02. The van der Waals surface area contributed by atoms with Gasteiger partial charge in [-0.1, -0.05) is 0 Å². The van der Waals surface area contributed by atoms with Crippen molar-refractivity contribution in [3.05, 3.63) is 28.3 Å². The van der Waals surface area contributed by atoms with Gasteiger partial charge in [-0.05, 0) is 0 Å². The van der Waals surface area contributed by atoms with Crippen LogP contribution < -0.4 is 8.70 Å². The summed E-state index contributed by atoms with van der Waals surface area (Å²) in [5.74, 6) is 0. The summed E-state index contributed by atoms with van der Waals surface area (Å²) in [6.45, 7) is 0. The standard InChI is InChI=1S/C6H7As2NO8/c10-7(11,12)4-1-2-5(8(13,14)15)6(3-4)9(16)17/h1-3H,(H2,10,11,12)(H2,13,14,15). The normalized spacial score (nSPS) is 12.5. The van der Waals surface area contributed by atoms with Crippen molar-refractivity contribution in [1.29, 1.82) is 0 Å². The average molecular weight is 371 g/mol. The molecule has 0 bridgehead atoms. The molecule has 11 heteroatoms. The Kier molecular flexibility index (Phi) is 3.73. The summed E-state index contributed by atoms with van der Waals surface area (Å²) >= 11 is -10.8. The third-order valence-corrected chi connectivity index (χ3v) is 5.91. The van der Waals surface area contributed by atoms with Gasteiger partial charge in [0.25, 0.3) is 0 Å². The Hall–Kier alpha value is -0.823.